The second kappa shape index (κ2) is 7.51. The molecule has 0 heterocycles. The van der Waals surface area contributed by atoms with Gasteiger partial charge in [-0.1, -0.05) is 29.8 Å². The quantitative estimate of drug-likeness (QED) is 0.772. The number of nitrogens with one attached hydrogen (secondary N) is 2. The number of anilines is 1. The zero-order valence-electron chi connectivity index (χ0n) is 13.0. The Bertz CT molecular complexity index is 879. The number of halogens is 1. The Hall–Kier alpha value is -2.31. The molecule has 0 saturated carbocycles. The number of benzene rings is 2. The van der Waals surface area contributed by atoms with Gasteiger partial charge in [0.25, 0.3) is 15.9 Å². The first-order valence-corrected chi connectivity index (χ1v) is 8.98. The lowest BCUT2D eigenvalue weighted by atomic mass is 10.2. The van der Waals surface area contributed by atoms with E-state index in [4.69, 9.17) is 11.6 Å². The van der Waals surface area contributed by atoms with Gasteiger partial charge in [0.05, 0.1) is 15.5 Å². The van der Waals surface area contributed by atoms with Crippen LogP contribution in [0.25, 0.3) is 0 Å². The number of rotatable bonds is 6. The molecule has 0 fully saturated rings. The van der Waals surface area contributed by atoms with Crippen molar-refractivity contribution in [3.8, 4) is 0 Å². The van der Waals surface area contributed by atoms with Crippen molar-refractivity contribution < 1.29 is 13.2 Å². The maximum Gasteiger partial charge on any atom is 0.261 e. The van der Waals surface area contributed by atoms with Crippen LogP contribution in [-0.4, -0.2) is 20.9 Å². The third-order valence-corrected chi connectivity index (χ3v) is 4.88. The zero-order chi connectivity index (χ0) is 17.7. The molecule has 2 aromatic carbocycles. The molecular formula is C17H17ClN2O3S. The molecule has 0 radical (unpaired) electrons. The van der Waals surface area contributed by atoms with E-state index in [0.29, 0.717) is 5.69 Å². The minimum atomic E-state index is -3.83. The highest BCUT2D eigenvalue weighted by atomic mass is 35.5. The van der Waals surface area contributed by atoms with Crippen LogP contribution in [0.5, 0.6) is 0 Å². The Balaban J connectivity index is 2.33. The summed E-state index contributed by atoms with van der Waals surface area (Å²) < 4.78 is 27.5. The highest BCUT2D eigenvalue weighted by molar-refractivity contribution is 7.92. The van der Waals surface area contributed by atoms with Gasteiger partial charge in [0.2, 0.25) is 0 Å². The largest absolute Gasteiger partial charge is 0.349 e. The first-order valence-electron chi connectivity index (χ1n) is 7.11. The van der Waals surface area contributed by atoms with Crippen molar-refractivity contribution in [1.82, 2.24) is 5.32 Å². The average molecular weight is 365 g/mol. The van der Waals surface area contributed by atoms with E-state index in [1.54, 1.807) is 18.2 Å². The van der Waals surface area contributed by atoms with Gasteiger partial charge in [0, 0.05) is 12.2 Å². The Morgan fingerprint density at radius 3 is 2.67 bits per heavy atom. The lowest BCUT2D eigenvalue weighted by Crippen LogP contribution is -2.24. The van der Waals surface area contributed by atoms with Crippen LogP contribution in [-0.2, 0) is 10.0 Å². The van der Waals surface area contributed by atoms with Gasteiger partial charge in [0.15, 0.2) is 0 Å². The molecule has 5 nitrogen and oxygen atoms in total. The first kappa shape index (κ1) is 18.0. The van der Waals surface area contributed by atoms with E-state index < -0.39 is 15.9 Å². The van der Waals surface area contributed by atoms with Crippen molar-refractivity contribution in [2.45, 2.75) is 11.8 Å². The summed E-state index contributed by atoms with van der Waals surface area (Å²) in [5, 5.41) is 2.74. The van der Waals surface area contributed by atoms with Crippen LogP contribution < -0.4 is 10.0 Å². The minimum absolute atomic E-state index is 0.0443. The normalized spacial score (nSPS) is 10.9. The molecule has 0 bridgehead atoms. The average Bonchev–Trinajstić information content (AvgIpc) is 2.52. The third-order valence-electron chi connectivity index (χ3n) is 3.17. The van der Waals surface area contributed by atoms with E-state index >= 15 is 0 Å². The maximum absolute atomic E-state index is 12.5. The number of hydrogen-bond acceptors (Lipinski definition) is 3. The van der Waals surface area contributed by atoms with Crippen molar-refractivity contribution in [3.63, 3.8) is 0 Å². The molecule has 7 heteroatoms. The Morgan fingerprint density at radius 1 is 1.25 bits per heavy atom. The summed E-state index contributed by atoms with van der Waals surface area (Å²) in [6.07, 6.45) is 1.52. The van der Waals surface area contributed by atoms with E-state index in [0.717, 1.165) is 5.56 Å². The lowest BCUT2D eigenvalue weighted by molar-refractivity contribution is 0.0958. The smallest absolute Gasteiger partial charge is 0.261 e. The van der Waals surface area contributed by atoms with Crippen LogP contribution in [0, 0.1) is 6.92 Å². The van der Waals surface area contributed by atoms with Crippen molar-refractivity contribution in [2.75, 3.05) is 11.3 Å². The first-order chi connectivity index (χ1) is 11.3. The van der Waals surface area contributed by atoms with E-state index in [1.165, 1.54) is 24.3 Å². The standard InChI is InChI=1S/C17H17ClN2O3S/c1-3-9-19-17(21)15-11-14(7-8-16(15)18)24(22,23)20-13-6-4-5-12(2)10-13/h3-8,10-11,20H,1,9H2,2H3,(H,19,21). The molecule has 0 saturated heterocycles. The van der Waals surface area contributed by atoms with Crippen LogP contribution in [0.4, 0.5) is 5.69 Å². The number of amides is 1. The molecule has 126 valence electrons. The molecule has 1 amide bonds. The van der Waals surface area contributed by atoms with Gasteiger partial charge in [-0.05, 0) is 42.8 Å². The number of hydrogen-bond donors (Lipinski definition) is 2. The van der Waals surface area contributed by atoms with Gasteiger partial charge in [0.1, 0.15) is 0 Å². The lowest BCUT2D eigenvalue weighted by Gasteiger charge is -2.11. The molecule has 0 aliphatic carbocycles. The predicted octanol–water partition coefficient (Wildman–Crippen LogP) is 3.37. The van der Waals surface area contributed by atoms with Crippen LogP contribution in [0.1, 0.15) is 15.9 Å². The fourth-order valence-electron chi connectivity index (χ4n) is 2.03. The van der Waals surface area contributed by atoms with E-state index in [1.807, 2.05) is 13.0 Å². The fourth-order valence-corrected chi connectivity index (χ4v) is 3.31. The van der Waals surface area contributed by atoms with E-state index in [-0.39, 0.29) is 22.0 Å². The highest BCUT2D eigenvalue weighted by Gasteiger charge is 2.18. The SMILES string of the molecule is C=CCNC(=O)c1cc(S(=O)(=O)Nc2cccc(C)c2)ccc1Cl. The maximum atomic E-state index is 12.5. The summed E-state index contributed by atoms with van der Waals surface area (Å²) in [5.74, 6) is -0.465. The van der Waals surface area contributed by atoms with Crippen molar-refractivity contribution >= 4 is 33.2 Å². The Labute approximate surface area is 146 Å². The fraction of sp³-hybridized carbons (Fsp3) is 0.118. The molecule has 0 unspecified atom stereocenters. The highest BCUT2D eigenvalue weighted by Crippen LogP contribution is 2.23. The molecule has 2 rings (SSSR count). The Kier molecular flexibility index (Phi) is 5.64. The molecule has 0 aromatic heterocycles. The van der Waals surface area contributed by atoms with Crippen LogP contribution >= 0.6 is 11.6 Å². The molecule has 0 aliphatic rings. The second-order valence-corrected chi connectivity index (χ2v) is 7.20. The number of sulfonamides is 1. The molecule has 24 heavy (non-hydrogen) atoms. The Morgan fingerprint density at radius 2 is 2.00 bits per heavy atom. The van der Waals surface area contributed by atoms with Crippen molar-refractivity contribution in [1.29, 1.82) is 0 Å². The van der Waals surface area contributed by atoms with Crippen LogP contribution in [0.2, 0.25) is 5.02 Å². The summed E-state index contributed by atoms with van der Waals surface area (Å²) in [6, 6.07) is 11.0. The van der Waals surface area contributed by atoms with Crippen molar-refractivity contribution in [2.24, 2.45) is 0 Å². The summed E-state index contributed by atoms with van der Waals surface area (Å²) in [7, 11) is -3.83. The van der Waals surface area contributed by atoms with E-state index in [9.17, 15) is 13.2 Å². The van der Waals surface area contributed by atoms with Crippen LogP contribution in [0.15, 0.2) is 60.0 Å². The molecule has 2 aromatic rings. The number of aryl methyl sites for hydroxylation is 1. The zero-order valence-corrected chi connectivity index (χ0v) is 14.6. The summed E-state index contributed by atoms with van der Waals surface area (Å²) in [5.41, 5.74) is 1.46. The topological polar surface area (TPSA) is 75.3 Å². The minimum Gasteiger partial charge on any atom is -0.349 e. The summed E-state index contributed by atoms with van der Waals surface area (Å²) in [6.45, 7) is 5.63. The van der Waals surface area contributed by atoms with Gasteiger partial charge in [-0.25, -0.2) is 8.42 Å². The van der Waals surface area contributed by atoms with Gasteiger partial charge in [-0.15, -0.1) is 6.58 Å². The van der Waals surface area contributed by atoms with Gasteiger partial charge >= 0.3 is 0 Å². The molecule has 2 N–H and O–H groups in total. The predicted molar refractivity (Wildman–Crippen MR) is 96.0 cm³/mol. The molecule has 0 aliphatic heterocycles. The van der Waals surface area contributed by atoms with Crippen LogP contribution in [0.3, 0.4) is 0 Å². The molecular weight excluding hydrogens is 348 g/mol. The number of carbonyl (C=O) groups excluding carboxylic acids is 1. The number of carbonyl (C=O) groups is 1. The van der Waals surface area contributed by atoms with Crippen molar-refractivity contribution in [3.05, 3.63) is 71.3 Å². The van der Waals surface area contributed by atoms with Gasteiger partial charge < -0.3 is 5.32 Å². The van der Waals surface area contributed by atoms with Gasteiger partial charge in [-0.2, -0.15) is 0 Å². The molecule has 0 spiro atoms. The summed E-state index contributed by atoms with van der Waals surface area (Å²) in [4.78, 5) is 12.0. The third kappa shape index (κ3) is 4.37. The monoisotopic (exact) mass is 364 g/mol. The summed E-state index contributed by atoms with van der Waals surface area (Å²) >= 11 is 6.00. The molecule has 0 atom stereocenters. The second-order valence-electron chi connectivity index (χ2n) is 5.12. The van der Waals surface area contributed by atoms with Gasteiger partial charge in [-0.3, -0.25) is 9.52 Å². The van der Waals surface area contributed by atoms with E-state index in [2.05, 4.69) is 16.6 Å².